The van der Waals surface area contributed by atoms with Crippen molar-refractivity contribution in [2.75, 3.05) is 6.61 Å². The second-order valence-corrected chi connectivity index (χ2v) is 4.66. The topological polar surface area (TPSA) is 9.23 Å². The lowest BCUT2D eigenvalue weighted by molar-refractivity contribution is -0.0903. The quantitative estimate of drug-likeness (QED) is 0.639. The third-order valence-corrected chi connectivity index (χ3v) is 3.59. The summed E-state index contributed by atoms with van der Waals surface area (Å²) in [6.07, 6.45) is 3.62. The maximum Gasteiger partial charge on any atom is 0.251 e. The largest absolute Gasteiger partial charge is 0.378 e. The molecule has 0 spiro atoms. The molecule has 0 aromatic carbocycles. The molecule has 0 saturated heterocycles. The van der Waals surface area contributed by atoms with Gasteiger partial charge in [-0.3, -0.25) is 0 Å². The van der Waals surface area contributed by atoms with Crippen LogP contribution < -0.4 is 0 Å². The lowest BCUT2D eigenvalue weighted by Gasteiger charge is -2.27. The SMILES string of the molecule is CCCCO[C@H]1C[C@H]2C[C@@H]1CC2(F)F. The van der Waals surface area contributed by atoms with E-state index >= 15 is 0 Å². The average Bonchev–Trinajstić information content (AvgIpc) is 2.60. The fourth-order valence-corrected chi connectivity index (χ4v) is 2.75. The number of alkyl halides is 2. The fraction of sp³-hybridized carbons (Fsp3) is 1.00. The van der Waals surface area contributed by atoms with Crippen LogP contribution in [-0.4, -0.2) is 18.6 Å². The third-order valence-electron chi connectivity index (χ3n) is 3.59. The molecule has 0 amide bonds. The summed E-state index contributed by atoms with van der Waals surface area (Å²) in [4.78, 5) is 0. The lowest BCUT2D eigenvalue weighted by atomic mass is 9.94. The van der Waals surface area contributed by atoms with Crippen LogP contribution in [0, 0.1) is 11.8 Å². The molecule has 3 atom stereocenters. The molecule has 2 aliphatic rings. The van der Waals surface area contributed by atoms with Gasteiger partial charge < -0.3 is 4.74 Å². The minimum Gasteiger partial charge on any atom is -0.378 e. The van der Waals surface area contributed by atoms with Gasteiger partial charge >= 0.3 is 0 Å². The van der Waals surface area contributed by atoms with E-state index in [1.165, 1.54) is 0 Å². The Labute approximate surface area is 83.8 Å². The molecule has 2 rings (SSSR count). The van der Waals surface area contributed by atoms with Crippen LogP contribution in [0.2, 0.25) is 0 Å². The Bertz CT molecular complexity index is 205. The van der Waals surface area contributed by atoms with Crippen LogP contribution in [0.3, 0.4) is 0 Å². The Morgan fingerprint density at radius 1 is 1.36 bits per heavy atom. The standard InChI is InChI=1S/C11H18F2O/c1-2-3-4-14-10-6-9-5-8(10)7-11(9,12)13/h8-10H,2-7H2,1H3/t8-,9-,10+/m1/s1. The summed E-state index contributed by atoms with van der Waals surface area (Å²) in [5.74, 6) is -2.65. The van der Waals surface area contributed by atoms with Crippen molar-refractivity contribution in [2.24, 2.45) is 11.8 Å². The van der Waals surface area contributed by atoms with E-state index in [2.05, 4.69) is 6.92 Å². The van der Waals surface area contributed by atoms with Crippen molar-refractivity contribution in [3.8, 4) is 0 Å². The zero-order valence-electron chi connectivity index (χ0n) is 8.64. The zero-order chi connectivity index (χ0) is 10.2. The molecule has 2 saturated carbocycles. The van der Waals surface area contributed by atoms with E-state index in [1.54, 1.807) is 0 Å². The summed E-state index contributed by atoms with van der Waals surface area (Å²) >= 11 is 0. The first-order valence-corrected chi connectivity index (χ1v) is 5.63. The molecular weight excluding hydrogens is 186 g/mol. The summed E-state index contributed by atoms with van der Waals surface area (Å²) in [7, 11) is 0. The predicted molar refractivity (Wildman–Crippen MR) is 50.4 cm³/mol. The minimum atomic E-state index is -2.39. The van der Waals surface area contributed by atoms with Gasteiger partial charge in [-0.25, -0.2) is 8.78 Å². The van der Waals surface area contributed by atoms with E-state index in [1.807, 2.05) is 0 Å². The number of fused-ring (bicyclic) bond motifs is 2. The second-order valence-electron chi connectivity index (χ2n) is 4.66. The molecule has 3 heteroatoms. The lowest BCUT2D eigenvalue weighted by Crippen LogP contribution is -2.32. The molecule has 2 aliphatic carbocycles. The molecule has 1 nitrogen and oxygen atoms in total. The molecule has 0 aromatic heterocycles. The highest BCUT2D eigenvalue weighted by Gasteiger charge is 2.56. The molecule has 0 radical (unpaired) electrons. The summed E-state index contributed by atoms with van der Waals surface area (Å²) in [5.41, 5.74) is 0. The molecule has 0 heterocycles. The van der Waals surface area contributed by atoms with Crippen molar-refractivity contribution >= 4 is 0 Å². The van der Waals surface area contributed by atoms with Gasteiger partial charge in [0.05, 0.1) is 6.10 Å². The molecule has 14 heavy (non-hydrogen) atoms. The molecule has 0 N–H and O–H groups in total. The van der Waals surface area contributed by atoms with Gasteiger partial charge in [-0.1, -0.05) is 13.3 Å². The van der Waals surface area contributed by atoms with Gasteiger partial charge in [0.15, 0.2) is 0 Å². The van der Waals surface area contributed by atoms with E-state index in [0.29, 0.717) is 12.8 Å². The van der Waals surface area contributed by atoms with Crippen molar-refractivity contribution in [2.45, 2.75) is 51.1 Å². The van der Waals surface area contributed by atoms with E-state index in [0.717, 1.165) is 19.4 Å². The number of rotatable bonds is 4. The highest BCUT2D eigenvalue weighted by Crippen LogP contribution is 2.54. The van der Waals surface area contributed by atoms with Gasteiger partial charge in [0, 0.05) is 18.9 Å². The van der Waals surface area contributed by atoms with Crippen LogP contribution in [0.1, 0.15) is 39.0 Å². The molecule has 2 fully saturated rings. The number of hydrogen-bond acceptors (Lipinski definition) is 1. The normalized spacial score (nSPS) is 39.2. The fourth-order valence-electron chi connectivity index (χ4n) is 2.75. The molecule has 82 valence electrons. The van der Waals surface area contributed by atoms with Gasteiger partial charge in [0.2, 0.25) is 0 Å². The molecule has 2 bridgehead atoms. The average molecular weight is 204 g/mol. The van der Waals surface area contributed by atoms with Gasteiger partial charge in [-0.2, -0.15) is 0 Å². The molecular formula is C11H18F2O. The summed E-state index contributed by atoms with van der Waals surface area (Å²) in [6.45, 7) is 2.86. The van der Waals surface area contributed by atoms with Crippen LogP contribution in [0.15, 0.2) is 0 Å². The third kappa shape index (κ3) is 1.79. The van der Waals surface area contributed by atoms with Crippen molar-refractivity contribution < 1.29 is 13.5 Å². The minimum absolute atomic E-state index is 0.0639. The van der Waals surface area contributed by atoms with E-state index in [4.69, 9.17) is 4.74 Å². The highest BCUT2D eigenvalue weighted by molar-refractivity contribution is 5.00. The Balaban J connectivity index is 1.79. The first-order valence-electron chi connectivity index (χ1n) is 5.63. The van der Waals surface area contributed by atoms with E-state index in [9.17, 15) is 8.78 Å². The first kappa shape index (κ1) is 10.3. The van der Waals surface area contributed by atoms with Crippen molar-refractivity contribution in [3.05, 3.63) is 0 Å². The Morgan fingerprint density at radius 3 is 2.64 bits per heavy atom. The van der Waals surface area contributed by atoms with E-state index < -0.39 is 5.92 Å². The number of unbranched alkanes of at least 4 members (excludes halogenated alkanes) is 1. The van der Waals surface area contributed by atoms with Crippen LogP contribution in [0.4, 0.5) is 8.78 Å². The van der Waals surface area contributed by atoms with Crippen LogP contribution in [0.5, 0.6) is 0 Å². The van der Waals surface area contributed by atoms with Crippen LogP contribution in [-0.2, 0) is 4.74 Å². The Morgan fingerprint density at radius 2 is 2.14 bits per heavy atom. The molecule has 0 aromatic rings. The summed E-state index contributed by atoms with van der Waals surface area (Å²) in [6, 6.07) is 0. The van der Waals surface area contributed by atoms with Gasteiger partial charge in [-0.05, 0) is 25.2 Å². The number of ether oxygens (including phenoxy) is 1. The zero-order valence-corrected chi connectivity index (χ0v) is 8.64. The smallest absolute Gasteiger partial charge is 0.251 e. The van der Waals surface area contributed by atoms with Crippen molar-refractivity contribution in [3.63, 3.8) is 0 Å². The number of halogens is 2. The van der Waals surface area contributed by atoms with Gasteiger partial charge in [0.25, 0.3) is 5.92 Å². The molecule has 0 aliphatic heterocycles. The predicted octanol–water partition coefficient (Wildman–Crippen LogP) is 3.24. The summed E-state index contributed by atoms with van der Waals surface area (Å²) in [5, 5.41) is 0. The van der Waals surface area contributed by atoms with Crippen molar-refractivity contribution in [1.29, 1.82) is 0 Å². The van der Waals surface area contributed by atoms with Gasteiger partial charge in [-0.15, -0.1) is 0 Å². The maximum absolute atomic E-state index is 13.1. The van der Waals surface area contributed by atoms with Gasteiger partial charge in [0.1, 0.15) is 0 Å². The van der Waals surface area contributed by atoms with Crippen LogP contribution in [0.25, 0.3) is 0 Å². The first-order chi connectivity index (χ1) is 6.63. The Kier molecular flexibility index (Phi) is 2.78. The van der Waals surface area contributed by atoms with E-state index in [-0.39, 0.29) is 24.4 Å². The highest BCUT2D eigenvalue weighted by atomic mass is 19.3. The maximum atomic E-state index is 13.1. The number of hydrogen-bond donors (Lipinski definition) is 0. The Hall–Kier alpha value is -0.180. The molecule has 0 unspecified atom stereocenters. The monoisotopic (exact) mass is 204 g/mol. The summed E-state index contributed by atoms with van der Waals surface area (Å²) < 4.78 is 31.9. The van der Waals surface area contributed by atoms with Crippen LogP contribution >= 0.6 is 0 Å². The second kappa shape index (κ2) is 3.76. The van der Waals surface area contributed by atoms with Crippen molar-refractivity contribution in [1.82, 2.24) is 0 Å².